The van der Waals surface area contributed by atoms with Gasteiger partial charge in [0, 0.05) is 42.6 Å². The van der Waals surface area contributed by atoms with Crippen LogP contribution in [0.2, 0.25) is 0 Å². The van der Waals surface area contributed by atoms with Gasteiger partial charge in [0.2, 0.25) is 5.95 Å². The van der Waals surface area contributed by atoms with Crippen molar-refractivity contribution in [1.29, 1.82) is 0 Å². The molecule has 0 spiro atoms. The number of anilines is 2. The number of hydrogen-bond acceptors (Lipinski definition) is 6. The topological polar surface area (TPSA) is 93.4 Å². The van der Waals surface area contributed by atoms with Gasteiger partial charge < -0.3 is 20.7 Å². The van der Waals surface area contributed by atoms with Crippen LogP contribution in [0.25, 0.3) is 22.4 Å². The van der Waals surface area contributed by atoms with Crippen molar-refractivity contribution in [3.8, 4) is 22.4 Å². The molecule has 2 aromatic heterocycles. The summed E-state index contributed by atoms with van der Waals surface area (Å²) in [5.74, 6) is -0.246. The molecule has 5 rings (SSSR count). The van der Waals surface area contributed by atoms with E-state index in [0.29, 0.717) is 53.4 Å². The number of nitrogens with zero attached hydrogens (tertiary/aromatic N) is 3. The third-order valence-electron chi connectivity index (χ3n) is 6.58. The number of aromatic nitrogens is 2. The van der Waals surface area contributed by atoms with Crippen molar-refractivity contribution in [2.75, 3.05) is 36.9 Å². The Kier molecular flexibility index (Phi) is 5.91. The monoisotopic (exact) mass is 461 g/mol. The van der Waals surface area contributed by atoms with Gasteiger partial charge in [0.15, 0.2) is 0 Å². The van der Waals surface area contributed by atoms with Crippen LogP contribution in [0.15, 0.2) is 42.6 Å². The maximum absolute atomic E-state index is 14.9. The molecule has 7 nitrogen and oxygen atoms in total. The Bertz CT molecular complexity index is 1230. The lowest BCUT2D eigenvalue weighted by molar-refractivity contribution is 0.0114. The molecule has 0 aliphatic carbocycles. The molecule has 0 bridgehead atoms. The van der Waals surface area contributed by atoms with Crippen molar-refractivity contribution in [3.63, 3.8) is 0 Å². The fourth-order valence-electron chi connectivity index (χ4n) is 4.54. The Morgan fingerprint density at radius 3 is 2.74 bits per heavy atom. The van der Waals surface area contributed by atoms with E-state index in [-0.39, 0.29) is 17.8 Å². The summed E-state index contributed by atoms with van der Waals surface area (Å²) in [7, 11) is 0. The Balaban J connectivity index is 1.45. The number of carbonyl (C=O) groups is 1. The highest BCUT2D eigenvalue weighted by Gasteiger charge is 2.24. The molecule has 1 atom stereocenters. The summed E-state index contributed by atoms with van der Waals surface area (Å²) in [6, 6.07) is 11.3. The van der Waals surface area contributed by atoms with Gasteiger partial charge in [-0.1, -0.05) is 26.0 Å². The lowest BCUT2D eigenvalue weighted by atomic mass is 9.98. The third kappa shape index (κ3) is 4.21. The zero-order valence-corrected chi connectivity index (χ0v) is 19.3. The molecule has 2 aliphatic rings. The largest absolute Gasteiger partial charge is 0.383 e. The van der Waals surface area contributed by atoms with E-state index in [9.17, 15) is 9.18 Å². The van der Waals surface area contributed by atoms with Gasteiger partial charge in [-0.15, -0.1) is 0 Å². The number of nitrogens with two attached hydrogens (primary N) is 1. The lowest BCUT2D eigenvalue weighted by Crippen LogP contribution is -2.44. The van der Waals surface area contributed by atoms with Crippen LogP contribution in [0, 0.1) is 11.9 Å². The van der Waals surface area contributed by atoms with Crippen molar-refractivity contribution < 1.29 is 13.9 Å². The van der Waals surface area contributed by atoms with E-state index in [2.05, 4.69) is 34.0 Å². The second-order valence-electron chi connectivity index (χ2n) is 9.14. The molecule has 1 amide bonds. The Morgan fingerprint density at radius 2 is 1.97 bits per heavy atom. The van der Waals surface area contributed by atoms with E-state index in [1.54, 1.807) is 12.3 Å². The standard InChI is InChI=1S/C26H28FN5O2/c1-15(2)23-14-32(9-10-34-23)18-5-3-16(4-6-18)19-12-20(25(28)31-24(19)27)22-11-17-7-8-29-26(33)21(17)13-30-22/h3-6,11-13,15,23H,7-10,14H2,1-2H3,(H2,28,31)(H,29,33)/t23-/m1/s1. The SMILES string of the molecule is CC(C)[C@H]1CN(c2ccc(-c3cc(-c4cc5c(cn4)C(=O)NCC5)c(N)nc3F)cc2)CCO1. The minimum absolute atomic E-state index is 0.0682. The molecular weight excluding hydrogens is 433 g/mol. The van der Waals surface area contributed by atoms with Crippen molar-refractivity contribution in [3.05, 3.63) is 59.7 Å². The Hall–Kier alpha value is -3.52. The van der Waals surface area contributed by atoms with E-state index in [1.165, 1.54) is 0 Å². The first-order chi connectivity index (χ1) is 16.4. The molecule has 3 N–H and O–H groups in total. The maximum atomic E-state index is 14.9. The number of benzene rings is 1. The van der Waals surface area contributed by atoms with Crippen LogP contribution < -0.4 is 16.0 Å². The highest BCUT2D eigenvalue weighted by atomic mass is 19.1. The molecule has 4 heterocycles. The first-order valence-corrected chi connectivity index (χ1v) is 11.6. The van der Waals surface area contributed by atoms with Crippen molar-refractivity contribution in [1.82, 2.24) is 15.3 Å². The summed E-state index contributed by atoms with van der Waals surface area (Å²) >= 11 is 0. The van der Waals surface area contributed by atoms with Crippen LogP contribution in [0.4, 0.5) is 15.9 Å². The van der Waals surface area contributed by atoms with E-state index in [0.717, 1.165) is 24.3 Å². The van der Waals surface area contributed by atoms with Gasteiger partial charge in [0.25, 0.3) is 5.91 Å². The van der Waals surface area contributed by atoms with Crippen molar-refractivity contribution >= 4 is 17.4 Å². The van der Waals surface area contributed by atoms with E-state index in [4.69, 9.17) is 10.5 Å². The zero-order chi connectivity index (χ0) is 23.8. The molecule has 176 valence electrons. The molecule has 3 aromatic rings. The number of amides is 1. The van der Waals surface area contributed by atoms with Gasteiger partial charge in [0.1, 0.15) is 5.82 Å². The molecular formula is C26H28FN5O2. The lowest BCUT2D eigenvalue weighted by Gasteiger charge is -2.36. The van der Waals surface area contributed by atoms with E-state index in [1.807, 2.05) is 30.3 Å². The van der Waals surface area contributed by atoms with E-state index >= 15 is 0 Å². The summed E-state index contributed by atoms with van der Waals surface area (Å²) in [6.07, 6.45) is 2.45. The second-order valence-corrected chi connectivity index (χ2v) is 9.14. The fourth-order valence-corrected chi connectivity index (χ4v) is 4.54. The van der Waals surface area contributed by atoms with Crippen molar-refractivity contribution in [2.24, 2.45) is 5.92 Å². The van der Waals surface area contributed by atoms with Gasteiger partial charge in [-0.3, -0.25) is 9.78 Å². The summed E-state index contributed by atoms with van der Waals surface area (Å²) < 4.78 is 20.7. The van der Waals surface area contributed by atoms with Crippen LogP contribution in [-0.4, -0.2) is 48.2 Å². The number of morpholine rings is 1. The van der Waals surface area contributed by atoms with Crippen LogP contribution in [-0.2, 0) is 11.2 Å². The molecule has 8 heteroatoms. The number of nitrogens with one attached hydrogen (secondary N) is 1. The molecule has 34 heavy (non-hydrogen) atoms. The quantitative estimate of drug-likeness (QED) is 0.576. The first kappa shape index (κ1) is 22.3. The minimum Gasteiger partial charge on any atom is -0.383 e. The number of hydrogen-bond donors (Lipinski definition) is 2. The van der Waals surface area contributed by atoms with Crippen molar-refractivity contribution in [2.45, 2.75) is 26.4 Å². The number of halogens is 1. The molecule has 2 aliphatic heterocycles. The van der Waals surface area contributed by atoms with Gasteiger partial charge in [-0.05, 0) is 47.7 Å². The number of fused-ring (bicyclic) bond motifs is 1. The van der Waals surface area contributed by atoms with Gasteiger partial charge in [-0.2, -0.15) is 4.39 Å². The van der Waals surface area contributed by atoms with E-state index < -0.39 is 5.95 Å². The molecule has 1 fully saturated rings. The predicted molar refractivity (Wildman–Crippen MR) is 130 cm³/mol. The summed E-state index contributed by atoms with van der Waals surface area (Å²) in [5.41, 5.74) is 10.8. The Labute approximate surface area is 198 Å². The normalized spacial score (nSPS) is 18.1. The summed E-state index contributed by atoms with van der Waals surface area (Å²) in [6.45, 7) is 7.26. The van der Waals surface area contributed by atoms with Crippen LogP contribution in [0.1, 0.15) is 29.8 Å². The van der Waals surface area contributed by atoms with Gasteiger partial charge in [0.05, 0.1) is 24.0 Å². The smallest absolute Gasteiger partial charge is 0.253 e. The van der Waals surface area contributed by atoms with Gasteiger partial charge >= 0.3 is 0 Å². The molecule has 1 aromatic carbocycles. The number of nitrogen functional groups attached to an aromatic ring is 1. The first-order valence-electron chi connectivity index (χ1n) is 11.6. The number of carbonyl (C=O) groups excluding carboxylic acids is 1. The minimum atomic E-state index is -0.627. The highest BCUT2D eigenvalue weighted by molar-refractivity contribution is 5.97. The van der Waals surface area contributed by atoms with Crippen LogP contribution in [0.5, 0.6) is 0 Å². The molecule has 0 radical (unpaired) electrons. The number of pyridine rings is 2. The summed E-state index contributed by atoms with van der Waals surface area (Å²) in [4.78, 5) is 22.7. The molecule has 0 saturated carbocycles. The zero-order valence-electron chi connectivity index (χ0n) is 19.3. The maximum Gasteiger partial charge on any atom is 0.253 e. The van der Waals surface area contributed by atoms with Gasteiger partial charge in [-0.25, -0.2) is 4.98 Å². The number of rotatable bonds is 4. The number of ether oxygens (including phenoxy) is 1. The fraction of sp³-hybridized carbons (Fsp3) is 0.346. The second kappa shape index (κ2) is 9.02. The summed E-state index contributed by atoms with van der Waals surface area (Å²) in [5, 5.41) is 2.81. The highest BCUT2D eigenvalue weighted by Crippen LogP contribution is 2.33. The van der Waals surface area contributed by atoms with Crippen LogP contribution >= 0.6 is 0 Å². The van der Waals surface area contributed by atoms with Crippen LogP contribution in [0.3, 0.4) is 0 Å². The Morgan fingerprint density at radius 1 is 1.18 bits per heavy atom. The molecule has 0 unspecified atom stereocenters. The average molecular weight is 462 g/mol. The third-order valence-corrected chi connectivity index (χ3v) is 6.58. The molecule has 1 saturated heterocycles. The average Bonchev–Trinajstić information content (AvgIpc) is 2.84. The predicted octanol–water partition coefficient (Wildman–Crippen LogP) is 3.68.